The highest BCUT2D eigenvalue weighted by Crippen LogP contribution is 2.44. The third kappa shape index (κ3) is 2.06. The van der Waals surface area contributed by atoms with E-state index in [0.717, 1.165) is 0 Å². The first-order chi connectivity index (χ1) is 6.34. The lowest BCUT2D eigenvalue weighted by molar-refractivity contribution is -0.124. The molecule has 0 radical (unpaired) electrons. The summed E-state index contributed by atoms with van der Waals surface area (Å²) in [5.74, 6) is -0.450. The summed E-state index contributed by atoms with van der Waals surface area (Å²) in [6.45, 7) is 3.27. The normalized spacial score (nSPS) is 19.4. The molecular weight excluding hydrogens is 204 g/mol. The Bertz CT molecular complexity index is 330. The number of nitrogens with two attached hydrogens (primary N) is 1. The molecule has 1 rings (SSSR count). The highest BCUT2D eigenvalue weighted by atomic mass is 32.2. The number of carbonyl (C=O) groups is 1. The Labute approximate surface area is 84.1 Å². The molecule has 1 saturated carbocycles. The van der Waals surface area contributed by atoms with Gasteiger partial charge in [0.05, 0.1) is 10.7 Å². The maximum atomic E-state index is 11.5. The van der Waals surface area contributed by atoms with E-state index < -0.39 is 26.6 Å². The van der Waals surface area contributed by atoms with Gasteiger partial charge in [-0.1, -0.05) is 0 Å². The molecule has 0 atom stereocenters. The average molecular weight is 220 g/mol. The molecule has 0 spiro atoms. The maximum absolute atomic E-state index is 11.5. The van der Waals surface area contributed by atoms with Crippen LogP contribution in [-0.2, 0) is 14.8 Å². The van der Waals surface area contributed by atoms with Gasteiger partial charge < -0.3 is 5.73 Å². The Morgan fingerprint density at radius 1 is 1.50 bits per heavy atom. The fourth-order valence-electron chi connectivity index (χ4n) is 1.03. The second-order valence-electron chi connectivity index (χ2n) is 4.01. The third-order valence-corrected chi connectivity index (χ3v) is 4.29. The zero-order valence-corrected chi connectivity index (χ0v) is 9.23. The fraction of sp³-hybridized carbons (Fsp3) is 0.875. The minimum Gasteiger partial charge on any atom is -0.329 e. The van der Waals surface area contributed by atoms with Crippen LogP contribution in [0.25, 0.3) is 0 Å². The molecule has 1 fully saturated rings. The van der Waals surface area contributed by atoms with Crippen LogP contribution in [0.15, 0.2) is 0 Å². The molecule has 82 valence electrons. The number of sulfonamides is 1. The average Bonchev–Trinajstić information content (AvgIpc) is 2.83. The Morgan fingerprint density at radius 2 is 2.00 bits per heavy atom. The molecular formula is C8H16N2O3S. The Kier molecular flexibility index (Phi) is 2.87. The zero-order valence-electron chi connectivity index (χ0n) is 8.41. The summed E-state index contributed by atoms with van der Waals surface area (Å²) in [4.78, 5) is 11.5. The third-order valence-electron chi connectivity index (χ3n) is 2.58. The molecule has 5 nitrogen and oxygen atoms in total. The molecule has 0 aromatic rings. The topological polar surface area (TPSA) is 89.3 Å². The molecule has 0 aromatic heterocycles. The van der Waals surface area contributed by atoms with Gasteiger partial charge in [0.15, 0.2) is 0 Å². The molecule has 1 aliphatic carbocycles. The first-order valence-electron chi connectivity index (χ1n) is 4.60. The maximum Gasteiger partial charge on any atom is 0.240 e. The predicted molar refractivity (Wildman–Crippen MR) is 52.9 cm³/mol. The lowest BCUT2D eigenvalue weighted by Crippen LogP contribution is -2.42. The van der Waals surface area contributed by atoms with Gasteiger partial charge in [0, 0.05) is 6.54 Å². The summed E-state index contributed by atoms with van der Waals surface area (Å²) in [6.07, 6.45) is 1.37. The van der Waals surface area contributed by atoms with Crippen molar-refractivity contribution in [3.8, 4) is 0 Å². The van der Waals surface area contributed by atoms with E-state index in [0.29, 0.717) is 12.8 Å². The first kappa shape index (κ1) is 11.5. The molecule has 0 aromatic carbocycles. The van der Waals surface area contributed by atoms with Crippen LogP contribution in [0.2, 0.25) is 0 Å². The van der Waals surface area contributed by atoms with Crippen LogP contribution in [-0.4, -0.2) is 26.1 Å². The SMILES string of the molecule is CC(C)S(=O)(=O)NC(=O)C1(CN)CC1. The lowest BCUT2D eigenvalue weighted by atomic mass is 10.1. The van der Waals surface area contributed by atoms with Crippen molar-refractivity contribution in [2.24, 2.45) is 11.1 Å². The van der Waals surface area contributed by atoms with E-state index in [1.165, 1.54) is 13.8 Å². The van der Waals surface area contributed by atoms with Gasteiger partial charge in [-0.25, -0.2) is 8.42 Å². The number of carbonyl (C=O) groups excluding carboxylic acids is 1. The second-order valence-corrected chi connectivity index (χ2v) is 6.25. The summed E-state index contributed by atoms with van der Waals surface area (Å²) in [6, 6.07) is 0. The van der Waals surface area contributed by atoms with Crippen molar-refractivity contribution in [3.63, 3.8) is 0 Å². The van der Waals surface area contributed by atoms with Crippen LogP contribution >= 0.6 is 0 Å². The zero-order chi connectivity index (χ0) is 11.0. The minimum atomic E-state index is -3.51. The van der Waals surface area contributed by atoms with E-state index >= 15 is 0 Å². The van der Waals surface area contributed by atoms with E-state index in [4.69, 9.17) is 5.73 Å². The lowest BCUT2D eigenvalue weighted by Gasteiger charge is -2.14. The molecule has 0 saturated heterocycles. The standard InChI is InChI=1S/C8H16N2O3S/c1-6(2)14(12,13)10-7(11)8(5-9)3-4-8/h6H,3-5,9H2,1-2H3,(H,10,11). The van der Waals surface area contributed by atoms with Crippen molar-refractivity contribution in [2.75, 3.05) is 6.54 Å². The molecule has 0 aliphatic heterocycles. The fourth-order valence-corrected chi connectivity index (χ4v) is 1.74. The summed E-state index contributed by atoms with van der Waals surface area (Å²) >= 11 is 0. The smallest absolute Gasteiger partial charge is 0.240 e. The summed E-state index contributed by atoms with van der Waals surface area (Å²) in [5.41, 5.74) is 4.80. The Morgan fingerprint density at radius 3 is 2.29 bits per heavy atom. The Balaban J connectivity index is 2.67. The largest absolute Gasteiger partial charge is 0.329 e. The molecule has 6 heteroatoms. The van der Waals surface area contributed by atoms with Crippen LogP contribution in [0.4, 0.5) is 0 Å². The first-order valence-corrected chi connectivity index (χ1v) is 6.15. The number of nitrogens with one attached hydrogen (secondary N) is 1. The number of amides is 1. The minimum absolute atomic E-state index is 0.215. The van der Waals surface area contributed by atoms with Crippen LogP contribution in [0.1, 0.15) is 26.7 Å². The van der Waals surface area contributed by atoms with Crippen LogP contribution in [0.3, 0.4) is 0 Å². The molecule has 0 heterocycles. The van der Waals surface area contributed by atoms with Crippen molar-refractivity contribution in [2.45, 2.75) is 31.9 Å². The summed E-state index contributed by atoms with van der Waals surface area (Å²) < 4.78 is 24.8. The van der Waals surface area contributed by atoms with E-state index in [1.807, 2.05) is 0 Å². The molecule has 14 heavy (non-hydrogen) atoms. The highest BCUT2D eigenvalue weighted by Gasteiger charge is 2.49. The van der Waals surface area contributed by atoms with Gasteiger partial charge in [-0.15, -0.1) is 0 Å². The quantitative estimate of drug-likeness (QED) is 0.673. The second kappa shape index (κ2) is 3.51. The van der Waals surface area contributed by atoms with E-state index in [9.17, 15) is 13.2 Å². The van der Waals surface area contributed by atoms with Gasteiger partial charge in [-0.05, 0) is 26.7 Å². The number of hydrogen-bond acceptors (Lipinski definition) is 4. The molecule has 1 aliphatic rings. The van der Waals surface area contributed by atoms with Gasteiger partial charge in [-0.3, -0.25) is 9.52 Å². The molecule has 0 bridgehead atoms. The van der Waals surface area contributed by atoms with Crippen molar-refractivity contribution >= 4 is 15.9 Å². The van der Waals surface area contributed by atoms with E-state index in [2.05, 4.69) is 4.72 Å². The molecule has 0 unspecified atom stereocenters. The predicted octanol–water partition coefficient (Wildman–Crippen LogP) is -0.420. The van der Waals surface area contributed by atoms with Crippen LogP contribution < -0.4 is 10.5 Å². The molecule has 1 amide bonds. The van der Waals surface area contributed by atoms with Crippen molar-refractivity contribution in [1.29, 1.82) is 0 Å². The van der Waals surface area contributed by atoms with Crippen molar-refractivity contribution in [1.82, 2.24) is 4.72 Å². The van der Waals surface area contributed by atoms with Gasteiger partial charge in [0.1, 0.15) is 0 Å². The summed E-state index contributed by atoms with van der Waals surface area (Å²) in [5, 5.41) is -0.597. The monoisotopic (exact) mass is 220 g/mol. The van der Waals surface area contributed by atoms with Gasteiger partial charge in [-0.2, -0.15) is 0 Å². The highest BCUT2D eigenvalue weighted by molar-refractivity contribution is 7.90. The van der Waals surface area contributed by atoms with Crippen molar-refractivity contribution in [3.05, 3.63) is 0 Å². The van der Waals surface area contributed by atoms with Crippen LogP contribution in [0, 0.1) is 5.41 Å². The number of rotatable bonds is 4. The Hall–Kier alpha value is -0.620. The van der Waals surface area contributed by atoms with Crippen LogP contribution in [0.5, 0.6) is 0 Å². The van der Waals surface area contributed by atoms with Crippen molar-refractivity contribution < 1.29 is 13.2 Å². The van der Waals surface area contributed by atoms with Gasteiger partial charge >= 0.3 is 0 Å². The van der Waals surface area contributed by atoms with E-state index in [1.54, 1.807) is 0 Å². The van der Waals surface area contributed by atoms with Gasteiger partial charge in [0.25, 0.3) is 0 Å². The number of hydrogen-bond donors (Lipinski definition) is 2. The molecule has 3 N–H and O–H groups in total. The van der Waals surface area contributed by atoms with E-state index in [-0.39, 0.29) is 6.54 Å². The van der Waals surface area contributed by atoms with Gasteiger partial charge in [0.2, 0.25) is 15.9 Å². The summed E-state index contributed by atoms with van der Waals surface area (Å²) in [7, 11) is -3.51.